The zero-order valence-electron chi connectivity index (χ0n) is 16.2. The predicted molar refractivity (Wildman–Crippen MR) is 107 cm³/mol. The lowest BCUT2D eigenvalue weighted by molar-refractivity contribution is 0.246. The minimum atomic E-state index is -0.232. The summed E-state index contributed by atoms with van der Waals surface area (Å²) in [5, 5.41) is 8.14. The second-order valence-electron chi connectivity index (χ2n) is 7.98. The number of nitrogens with zero attached hydrogens (tertiary/aromatic N) is 6. The van der Waals surface area contributed by atoms with Crippen molar-refractivity contribution in [1.29, 1.82) is 0 Å². The van der Waals surface area contributed by atoms with Gasteiger partial charge in [0.1, 0.15) is 5.39 Å². The lowest BCUT2D eigenvalue weighted by atomic mass is 10.1. The van der Waals surface area contributed by atoms with Crippen molar-refractivity contribution in [3.8, 4) is 0 Å². The van der Waals surface area contributed by atoms with E-state index in [-0.39, 0.29) is 11.1 Å². The molecule has 9 heteroatoms. The number of aromatic nitrogens is 5. The first-order chi connectivity index (χ1) is 12.8. The highest BCUT2D eigenvalue weighted by atomic mass is 32.1. The summed E-state index contributed by atoms with van der Waals surface area (Å²) in [6, 6.07) is 0. The third kappa shape index (κ3) is 3.61. The number of fused-ring (bicyclic) bond motifs is 1. The van der Waals surface area contributed by atoms with E-state index >= 15 is 0 Å². The summed E-state index contributed by atoms with van der Waals surface area (Å²) in [6.45, 7) is 12.5. The molecule has 1 aliphatic rings. The molecule has 144 valence electrons. The van der Waals surface area contributed by atoms with Crippen LogP contribution in [0.2, 0.25) is 0 Å². The van der Waals surface area contributed by atoms with Crippen LogP contribution in [-0.2, 0) is 12.1 Å². The molecular weight excluding hydrogens is 362 g/mol. The highest BCUT2D eigenvalue weighted by Gasteiger charge is 2.23. The summed E-state index contributed by atoms with van der Waals surface area (Å²) in [5.74, 6) is 0.627. The van der Waals surface area contributed by atoms with Crippen molar-refractivity contribution in [2.45, 2.75) is 39.8 Å². The minimum Gasteiger partial charge on any atom is -0.340 e. The second kappa shape index (κ2) is 6.72. The van der Waals surface area contributed by atoms with E-state index in [4.69, 9.17) is 4.98 Å². The number of aromatic amines is 1. The van der Waals surface area contributed by atoms with Crippen molar-refractivity contribution in [2.24, 2.45) is 0 Å². The van der Waals surface area contributed by atoms with Crippen LogP contribution < -0.4 is 10.5 Å². The molecule has 0 unspecified atom stereocenters. The van der Waals surface area contributed by atoms with E-state index < -0.39 is 0 Å². The number of thiazole rings is 1. The molecule has 3 aromatic heterocycles. The Morgan fingerprint density at radius 3 is 2.56 bits per heavy atom. The van der Waals surface area contributed by atoms with Crippen LogP contribution in [0.25, 0.3) is 11.0 Å². The lowest BCUT2D eigenvalue weighted by Crippen LogP contribution is -2.47. The Bertz CT molecular complexity index is 1000. The van der Waals surface area contributed by atoms with E-state index in [0.29, 0.717) is 17.0 Å². The van der Waals surface area contributed by atoms with Crippen molar-refractivity contribution in [2.75, 3.05) is 31.1 Å². The molecule has 0 saturated carbocycles. The van der Waals surface area contributed by atoms with E-state index in [1.165, 1.54) is 0 Å². The number of hydrogen-bond donors (Lipinski definition) is 1. The van der Waals surface area contributed by atoms with Gasteiger partial charge in [0.05, 0.1) is 22.4 Å². The molecule has 27 heavy (non-hydrogen) atoms. The minimum absolute atomic E-state index is 0.133. The maximum Gasteiger partial charge on any atom is 0.263 e. The third-order valence-corrected chi connectivity index (χ3v) is 5.61. The number of anilines is 1. The van der Waals surface area contributed by atoms with Gasteiger partial charge >= 0.3 is 0 Å². The molecule has 4 heterocycles. The summed E-state index contributed by atoms with van der Waals surface area (Å²) in [4.78, 5) is 29.2. The van der Waals surface area contributed by atoms with Gasteiger partial charge in [0.2, 0.25) is 5.95 Å². The molecule has 1 saturated heterocycles. The fourth-order valence-corrected chi connectivity index (χ4v) is 3.98. The van der Waals surface area contributed by atoms with Gasteiger partial charge in [0.25, 0.3) is 5.56 Å². The predicted octanol–water partition coefficient (Wildman–Crippen LogP) is 1.96. The SMILES string of the molecule is Cc1nc(CN2CCN(c3nc4c(cnn4C(C)(C)C)c(=O)[nH]3)CC2)cs1. The van der Waals surface area contributed by atoms with Crippen molar-refractivity contribution in [1.82, 2.24) is 29.6 Å². The van der Waals surface area contributed by atoms with Gasteiger partial charge in [0, 0.05) is 38.1 Å². The summed E-state index contributed by atoms with van der Waals surface area (Å²) in [5.41, 5.74) is 1.41. The summed E-state index contributed by atoms with van der Waals surface area (Å²) < 4.78 is 1.82. The first kappa shape index (κ1) is 18.1. The summed E-state index contributed by atoms with van der Waals surface area (Å²) >= 11 is 1.69. The Morgan fingerprint density at radius 1 is 1.19 bits per heavy atom. The number of aryl methyl sites for hydroxylation is 1. The number of H-pyrrole nitrogens is 1. The van der Waals surface area contributed by atoms with E-state index in [0.717, 1.165) is 43.4 Å². The quantitative estimate of drug-likeness (QED) is 0.740. The Kier molecular flexibility index (Phi) is 4.51. The molecule has 0 bridgehead atoms. The summed E-state index contributed by atoms with van der Waals surface area (Å²) in [6.07, 6.45) is 1.60. The first-order valence-corrected chi connectivity index (χ1v) is 10.1. The molecule has 4 rings (SSSR count). The average Bonchev–Trinajstić information content (AvgIpc) is 3.21. The normalized spacial score (nSPS) is 16.4. The molecule has 8 nitrogen and oxygen atoms in total. The maximum absolute atomic E-state index is 12.5. The molecule has 0 amide bonds. The van der Waals surface area contributed by atoms with Crippen LogP contribution in [-0.4, -0.2) is 55.8 Å². The Balaban J connectivity index is 1.52. The molecule has 1 fully saturated rings. The zero-order chi connectivity index (χ0) is 19.2. The van der Waals surface area contributed by atoms with Crippen molar-refractivity contribution < 1.29 is 0 Å². The van der Waals surface area contributed by atoms with Crippen LogP contribution in [0.15, 0.2) is 16.4 Å². The van der Waals surface area contributed by atoms with Crippen LogP contribution in [0.3, 0.4) is 0 Å². The number of nitrogens with one attached hydrogen (secondary N) is 1. The smallest absolute Gasteiger partial charge is 0.263 e. The van der Waals surface area contributed by atoms with Crippen molar-refractivity contribution >= 4 is 28.3 Å². The zero-order valence-corrected chi connectivity index (χ0v) is 17.0. The molecule has 3 aromatic rings. The van der Waals surface area contributed by atoms with Crippen LogP contribution in [0.4, 0.5) is 5.95 Å². The van der Waals surface area contributed by atoms with Gasteiger partial charge < -0.3 is 4.90 Å². The standard InChI is InChI=1S/C18H25N7OS/c1-12-20-13(11-27-12)10-23-5-7-24(8-6-23)17-21-15-14(16(26)22-17)9-19-25(15)18(2,3)4/h9,11H,5-8,10H2,1-4H3,(H,21,22,26). The fraction of sp³-hybridized carbons (Fsp3) is 0.556. The average molecular weight is 388 g/mol. The van der Waals surface area contributed by atoms with Gasteiger partial charge in [-0.25, -0.2) is 9.67 Å². The van der Waals surface area contributed by atoms with Crippen molar-refractivity contribution in [3.05, 3.63) is 32.6 Å². The Hall–Kier alpha value is -2.26. The van der Waals surface area contributed by atoms with Gasteiger partial charge in [0.15, 0.2) is 5.65 Å². The van der Waals surface area contributed by atoms with Crippen LogP contribution in [0.5, 0.6) is 0 Å². The Labute approximate surface area is 161 Å². The van der Waals surface area contributed by atoms with Gasteiger partial charge in [-0.2, -0.15) is 10.1 Å². The number of rotatable bonds is 3. The van der Waals surface area contributed by atoms with Crippen LogP contribution >= 0.6 is 11.3 Å². The molecule has 0 atom stereocenters. The molecule has 0 radical (unpaired) electrons. The molecule has 0 spiro atoms. The van der Waals surface area contributed by atoms with Crippen LogP contribution in [0, 0.1) is 6.92 Å². The largest absolute Gasteiger partial charge is 0.340 e. The topological polar surface area (TPSA) is 82.9 Å². The van der Waals surface area contributed by atoms with E-state index in [1.54, 1.807) is 17.5 Å². The van der Waals surface area contributed by atoms with Crippen molar-refractivity contribution in [3.63, 3.8) is 0 Å². The molecular formula is C18H25N7OS. The number of hydrogen-bond acceptors (Lipinski definition) is 7. The third-order valence-electron chi connectivity index (χ3n) is 4.79. The van der Waals surface area contributed by atoms with E-state index in [1.807, 2.05) is 11.6 Å². The molecule has 0 aliphatic carbocycles. The van der Waals surface area contributed by atoms with E-state index in [9.17, 15) is 4.79 Å². The van der Waals surface area contributed by atoms with E-state index in [2.05, 4.69) is 51.0 Å². The van der Waals surface area contributed by atoms with Crippen LogP contribution in [0.1, 0.15) is 31.5 Å². The van der Waals surface area contributed by atoms with Gasteiger partial charge in [-0.05, 0) is 27.7 Å². The van der Waals surface area contributed by atoms with Gasteiger partial charge in [-0.15, -0.1) is 11.3 Å². The summed E-state index contributed by atoms with van der Waals surface area (Å²) in [7, 11) is 0. The van der Waals surface area contributed by atoms with Gasteiger partial charge in [-0.3, -0.25) is 14.7 Å². The maximum atomic E-state index is 12.5. The fourth-order valence-electron chi connectivity index (χ4n) is 3.38. The molecule has 1 N–H and O–H groups in total. The molecule has 1 aliphatic heterocycles. The van der Waals surface area contributed by atoms with Gasteiger partial charge in [-0.1, -0.05) is 0 Å². The molecule has 0 aromatic carbocycles. The Morgan fingerprint density at radius 2 is 1.93 bits per heavy atom. The second-order valence-corrected chi connectivity index (χ2v) is 9.04. The lowest BCUT2D eigenvalue weighted by Gasteiger charge is -2.34. The first-order valence-electron chi connectivity index (χ1n) is 9.18. The number of piperazine rings is 1. The highest BCUT2D eigenvalue weighted by molar-refractivity contribution is 7.09. The monoisotopic (exact) mass is 387 g/mol. The highest BCUT2D eigenvalue weighted by Crippen LogP contribution is 2.20.